The lowest BCUT2D eigenvalue weighted by Crippen LogP contribution is -2.57. The second-order valence-corrected chi connectivity index (χ2v) is 5.24. The van der Waals surface area contributed by atoms with Gasteiger partial charge in [-0.2, -0.15) is 0 Å². The smallest absolute Gasteiger partial charge is 0.149 e. The van der Waals surface area contributed by atoms with Crippen LogP contribution in [0.4, 0.5) is 5.82 Å². The van der Waals surface area contributed by atoms with Crippen molar-refractivity contribution in [1.29, 1.82) is 0 Å². The summed E-state index contributed by atoms with van der Waals surface area (Å²) in [4.78, 5) is 14.2. The molecule has 0 amide bonds. The van der Waals surface area contributed by atoms with Crippen LogP contribution in [-0.2, 0) is 6.42 Å². The summed E-state index contributed by atoms with van der Waals surface area (Å²) < 4.78 is 0. The van der Waals surface area contributed by atoms with Gasteiger partial charge < -0.3 is 5.73 Å². The number of anilines is 1. The minimum atomic E-state index is 0.339. The fourth-order valence-electron chi connectivity index (χ4n) is 2.94. The molecule has 3 aliphatic heterocycles. The average molecular weight is 247 g/mol. The highest BCUT2D eigenvalue weighted by Crippen LogP contribution is 2.27. The van der Waals surface area contributed by atoms with Crippen molar-refractivity contribution in [2.45, 2.75) is 25.8 Å². The molecule has 2 N–H and O–H groups in total. The third-order valence-electron chi connectivity index (χ3n) is 3.90. The first-order valence-corrected chi connectivity index (χ1v) is 6.86. The Hall–Kier alpha value is -1.20. The van der Waals surface area contributed by atoms with Gasteiger partial charge in [-0.1, -0.05) is 13.3 Å². The van der Waals surface area contributed by atoms with Crippen LogP contribution < -0.4 is 5.73 Å². The summed E-state index contributed by atoms with van der Waals surface area (Å²) in [5, 5.41) is 0. The van der Waals surface area contributed by atoms with E-state index in [0.29, 0.717) is 11.9 Å². The highest BCUT2D eigenvalue weighted by atomic mass is 15.4. The highest BCUT2D eigenvalue weighted by Gasteiger charge is 2.34. The van der Waals surface area contributed by atoms with Gasteiger partial charge in [0, 0.05) is 44.5 Å². The van der Waals surface area contributed by atoms with Crippen molar-refractivity contribution in [3.63, 3.8) is 0 Å². The van der Waals surface area contributed by atoms with Crippen LogP contribution in [0.1, 0.15) is 30.9 Å². The van der Waals surface area contributed by atoms with Gasteiger partial charge in [-0.05, 0) is 6.42 Å². The van der Waals surface area contributed by atoms with Crippen molar-refractivity contribution in [2.75, 3.05) is 38.5 Å². The summed E-state index contributed by atoms with van der Waals surface area (Å²) in [6.07, 6.45) is 2.08. The van der Waals surface area contributed by atoms with E-state index in [9.17, 15) is 0 Å². The molecule has 1 atom stereocenters. The third-order valence-corrected chi connectivity index (χ3v) is 3.90. The van der Waals surface area contributed by atoms with Gasteiger partial charge in [-0.15, -0.1) is 0 Å². The molecule has 1 aromatic heterocycles. The molecule has 0 saturated carbocycles. The lowest BCUT2D eigenvalue weighted by atomic mass is 10.1. The summed E-state index contributed by atoms with van der Waals surface area (Å²) in [5.41, 5.74) is 6.99. The van der Waals surface area contributed by atoms with E-state index in [0.717, 1.165) is 44.0 Å². The second kappa shape index (κ2) is 4.82. The van der Waals surface area contributed by atoms with Gasteiger partial charge in [0.25, 0.3) is 0 Å². The molecule has 3 aliphatic rings. The molecule has 4 heterocycles. The molecule has 1 unspecified atom stereocenters. The molecule has 4 rings (SSSR count). The maximum Gasteiger partial charge on any atom is 0.149 e. The molecule has 1 aromatic rings. The zero-order valence-corrected chi connectivity index (χ0v) is 11.0. The summed E-state index contributed by atoms with van der Waals surface area (Å²) in [5.74, 6) is 1.53. The van der Waals surface area contributed by atoms with E-state index in [1.165, 1.54) is 13.1 Å². The lowest BCUT2D eigenvalue weighted by molar-refractivity contribution is 0.00863. The van der Waals surface area contributed by atoms with Crippen LogP contribution in [0, 0.1) is 0 Å². The molecular formula is C13H21N5. The Bertz CT molecular complexity index is 425. The minimum Gasteiger partial charge on any atom is -0.384 e. The fraction of sp³-hybridized carbons (Fsp3) is 0.692. The van der Waals surface area contributed by atoms with Crippen molar-refractivity contribution in [3.8, 4) is 0 Å². The zero-order chi connectivity index (χ0) is 12.5. The number of hydrogen-bond donors (Lipinski definition) is 1. The van der Waals surface area contributed by atoms with Crippen molar-refractivity contribution >= 4 is 5.82 Å². The molecule has 0 radical (unpaired) electrons. The van der Waals surface area contributed by atoms with E-state index < -0.39 is 0 Å². The van der Waals surface area contributed by atoms with Gasteiger partial charge in [0.1, 0.15) is 11.6 Å². The van der Waals surface area contributed by atoms with Gasteiger partial charge in [-0.3, -0.25) is 9.80 Å². The lowest BCUT2D eigenvalue weighted by Gasteiger charge is -2.46. The quantitative estimate of drug-likeness (QED) is 0.851. The van der Waals surface area contributed by atoms with E-state index in [4.69, 9.17) is 10.7 Å². The van der Waals surface area contributed by atoms with Crippen molar-refractivity contribution in [2.24, 2.45) is 0 Å². The maximum absolute atomic E-state index is 5.91. The number of aromatic nitrogens is 2. The monoisotopic (exact) mass is 247 g/mol. The SMILES string of the molecule is CCCc1cc(N)nc(C2CN3CCN2CC3)n1. The Labute approximate surface area is 108 Å². The maximum atomic E-state index is 5.91. The Kier molecular flexibility index (Phi) is 3.18. The van der Waals surface area contributed by atoms with E-state index in [1.807, 2.05) is 6.07 Å². The molecular weight excluding hydrogens is 226 g/mol. The standard InChI is InChI=1S/C13H21N5/c1-2-3-10-8-12(14)16-13(15-10)11-9-17-4-6-18(11)7-5-17/h8,11H,2-7,9H2,1H3,(H2,14,15,16). The average Bonchev–Trinajstić information content (AvgIpc) is 2.40. The first-order chi connectivity index (χ1) is 8.76. The summed E-state index contributed by atoms with van der Waals surface area (Å²) >= 11 is 0. The van der Waals surface area contributed by atoms with Crippen LogP contribution in [0.25, 0.3) is 0 Å². The number of nitrogens with zero attached hydrogens (tertiary/aromatic N) is 4. The molecule has 3 fully saturated rings. The molecule has 2 bridgehead atoms. The topological polar surface area (TPSA) is 58.3 Å². The van der Waals surface area contributed by atoms with E-state index in [-0.39, 0.29) is 0 Å². The van der Waals surface area contributed by atoms with Gasteiger partial charge >= 0.3 is 0 Å². The minimum absolute atomic E-state index is 0.339. The molecule has 3 saturated heterocycles. The number of fused-ring (bicyclic) bond motifs is 3. The highest BCUT2D eigenvalue weighted by molar-refractivity contribution is 5.30. The Morgan fingerprint density at radius 3 is 2.67 bits per heavy atom. The van der Waals surface area contributed by atoms with E-state index in [1.54, 1.807) is 0 Å². The molecule has 5 nitrogen and oxygen atoms in total. The largest absolute Gasteiger partial charge is 0.384 e. The number of nitrogen functional groups attached to an aromatic ring is 1. The number of hydrogen-bond acceptors (Lipinski definition) is 5. The molecule has 98 valence electrons. The Morgan fingerprint density at radius 2 is 2.06 bits per heavy atom. The number of piperazine rings is 3. The van der Waals surface area contributed by atoms with Crippen molar-refractivity contribution in [1.82, 2.24) is 19.8 Å². The predicted molar refractivity (Wildman–Crippen MR) is 71.2 cm³/mol. The molecule has 0 spiro atoms. The molecule has 0 aliphatic carbocycles. The molecule has 18 heavy (non-hydrogen) atoms. The van der Waals surface area contributed by atoms with Crippen molar-refractivity contribution < 1.29 is 0 Å². The summed E-state index contributed by atoms with van der Waals surface area (Å²) in [6.45, 7) is 7.84. The summed E-state index contributed by atoms with van der Waals surface area (Å²) in [6, 6.07) is 2.25. The first kappa shape index (κ1) is 11.9. The van der Waals surface area contributed by atoms with Crippen LogP contribution in [0.3, 0.4) is 0 Å². The van der Waals surface area contributed by atoms with Gasteiger partial charge in [-0.25, -0.2) is 9.97 Å². The summed E-state index contributed by atoms with van der Waals surface area (Å²) in [7, 11) is 0. The van der Waals surface area contributed by atoms with Crippen LogP contribution in [0.5, 0.6) is 0 Å². The number of aryl methyl sites for hydroxylation is 1. The van der Waals surface area contributed by atoms with Gasteiger partial charge in [0.2, 0.25) is 0 Å². The molecule has 0 aromatic carbocycles. The Balaban J connectivity index is 1.87. The van der Waals surface area contributed by atoms with Gasteiger partial charge in [0.05, 0.1) is 6.04 Å². The second-order valence-electron chi connectivity index (χ2n) is 5.24. The number of rotatable bonds is 3. The zero-order valence-electron chi connectivity index (χ0n) is 11.0. The number of nitrogens with two attached hydrogens (primary N) is 1. The Morgan fingerprint density at radius 1 is 1.28 bits per heavy atom. The van der Waals surface area contributed by atoms with Gasteiger partial charge in [0.15, 0.2) is 0 Å². The predicted octanol–water partition coefficient (Wildman–Crippen LogP) is 0.684. The molecule has 5 heteroatoms. The van der Waals surface area contributed by atoms with E-state index >= 15 is 0 Å². The van der Waals surface area contributed by atoms with Crippen molar-refractivity contribution in [3.05, 3.63) is 17.6 Å². The van der Waals surface area contributed by atoms with Crippen LogP contribution in [0.2, 0.25) is 0 Å². The van der Waals surface area contributed by atoms with E-state index in [2.05, 4.69) is 21.7 Å². The normalized spacial score (nSPS) is 30.6. The van der Waals surface area contributed by atoms with Crippen LogP contribution in [-0.4, -0.2) is 52.5 Å². The van der Waals surface area contributed by atoms with Crippen LogP contribution in [0.15, 0.2) is 6.07 Å². The third kappa shape index (κ3) is 2.20. The first-order valence-electron chi connectivity index (χ1n) is 6.86. The fourth-order valence-corrected chi connectivity index (χ4v) is 2.94. The van der Waals surface area contributed by atoms with Crippen LogP contribution >= 0.6 is 0 Å².